The Bertz CT molecular complexity index is 555. The monoisotopic (exact) mass is 289 g/mol. The predicted molar refractivity (Wildman–Crippen MR) is 78.0 cm³/mol. The minimum Gasteiger partial charge on any atom is -0.478 e. The Labute approximate surface area is 123 Å². The number of aromatic nitrogens is 1. The SMILES string of the molecule is O=C(NCCC1=CCCC1)NCc1cc(C(=O)O)ccn1. The van der Waals surface area contributed by atoms with Gasteiger partial charge < -0.3 is 15.7 Å². The second kappa shape index (κ2) is 7.42. The van der Waals surface area contributed by atoms with E-state index in [4.69, 9.17) is 5.11 Å². The Hall–Kier alpha value is -2.37. The van der Waals surface area contributed by atoms with Crippen molar-refractivity contribution < 1.29 is 14.7 Å². The molecule has 3 N–H and O–H groups in total. The van der Waals surface area contributed by atoms with E-state index in [1.54, 1.807) is 0 Å². The van der Waals surface area contributed by atoms with Crippen LogP contribution < -0.4 is 10.6 Å². The number of hydrogen-bond acceptors (Lipinski definition) is 3. The summed E-state index contributed by atoms with van der Waals surface area (Å²) < 4.78 is 0. The van der Waals surface area contributed by atoms with Crippen molar-refractivity contribution in [2.45, 2.75) is 32.2 Å². The van der Waals surface area contributed by atoms with E-state index in [-0.39, 0.29) is 18.1 Å². The lowest BCUT2D eigenvalue weighted by molar-refractivity contribution is 0.0696. The third kappa shape index (κ3) is 4.91. The van der Waals surface area contributed by atoms with E-state index in [9.17, 15) is 9.59 Å². The number of urea groups is 1. The average molecular weight is 289 g/mol. The number of carbonyl (C=O) groups excluding carboxylic acids is 1. The summed E-state index contributed by atoms with van der Waals surface area (Å²) in [4.78, 5) is 26.5. The first kappa shape index (κ1) is 15.0. The molecule has 0 unspecified atom stereocenters. The first-order chi connectivity index (χ1) is 10.1. The number of nitrogens with zero attached hydrogens (tertiary/aromatic N) is 1. The van der Waals surface area contributed by atoms with E-state index >= 15 is 0 Å². The molecular weight excluding hydrogens is 270 g/mol. The standard InChI is InChI=1S/C15H19N3O3/c19-14(20)12-6-8-16-13(9-12)10-18-15(21)17-7-5-11-3-1-2-4-11/h3,6,8-9H,1-2,4-5,7,10H2,(H,19,20)(H2,17,18,21). The second-order valence-corrected chi connectivity index (χ2v) is 4.96. The van der Waals surface area contributed by atoms with Crippen molar-refractivity contribution in [3.63, 3.8) is 0 Å². The molecule has 1 aromatic rings. The average Bonchev–Trinajstić information content (AvgIpc) is 2.99. The van der Waals surface area contributed by atoms with Crippen molar-refractivity contribution >= 4 is 12.0 Å². The van der Waals surface area contributed by atoms with Crippen LogP contribution in [0.15, 0.2) is 30.0 Å². The van der Waals surface area contributed by atoms with Crippen LogP contribution in [0.5, 0.6) is 0 Å². The first-order valence-corrected chi connectivity index (χ1v) is 7.03. The van der Waals surface area contributed by atoms with Crippen molar-refractivity contribution in [2.75, 3.05) is 6.54 Å². The number of carboxylic acid groups (broad SMARTS) is 1. The van der Waals surface area contributed by atoms with Gasteiger partial charge >= 0.3 is 12.0 Å². The molecule has 1 heterocycles. The van der Waals surface area contributed by atoms with Crippen molar-refractivity contribution in [1.82, 2.24) is 15.6 Å². The van der Waals surface area contributed by atoms with Crippen molar-refractivity contribution in [1.29, 1.82) is 0 Å². The lowest BCUT2D eigenvalue weighted by Crippen LogP contribution is -2.35. The molecule has 112 valence electrons. The number of carbonyl (C=O) groups is 2. The maximum atomic E-state index is 11.6. The highest BCUT2D eigenvalue weighted by Crippen LogP contribution is 2.19. The summed E-state index contributed by atoms with van der Waals surface area (Å²) in [6, 6.07) is 2.60. The van der Waals surface area contributed by atoms with Crippen molar-refractivity contribution in [2.24, 2.45) is 0 Å². The number of aromatic carboxylic acids is 1. The minimum absolute atomic E-state index is 0.162. The maximum absolute atomic E-state index is 11.6. The molecule has 1 aliphatic carbocycles. The molecule has 0 aromatic carbocycles. The Morgan fingerprint density at radius 3 is 2.90 bits per heavy atom. The Morgan fingerprint density at radius 1 is 1.33 bits per heavy atom. The molecule has 0 saturated carbocycles. The zero-order chi connectivity index (χ0) is 15.1. The van der Waals surface area contributed by atoms with Crippen LogP contribution in [0.2, 0.25) is 0 Å². The van der Waals surface area contributed by atoms with Crippen LogP contribution in [0.3, 0.4) is 0 Å². The molecule has 21 heavy (non-hydrogen) atoms. The molecule has 6 heteroatoms. The third-order valence-corrected chi connectivity index (χ3v) is 3.36. The Balaban J connectivity index is 1.70. The lowest BCUT2D eigenvalue weighted by atomic mass is 10.2. The van der Waals surface area contributed by atoms with E-state index in [0.29, 0.717) is 12.2 Å². The summed E-state index contributed by atoms with van der Waals surface area (Å²) in [5.74, 6) is -1.01. The van der Waals surface area contributed by atoms with Crippen molar-refractivity contribution in [3.8, 4) is 0 Å². The van der Waals surface area contributed by atoms with Crippen LogP contribution in [0.4, 0.5) is 4.79 Å². The number of allylic oxidation sites excluding steroid dienone is 1. The van der Waals surface area contributed by atoms with Gasteiger partial charge in [0, 0.05) is 12.7 Å². The van der Waals surface area contributed by atoms with Crippen LogP contribution in [0.1, 0.15) is 41.7 Å². The van der Waals surface area contributed by atoms with Gasteiger partial charge in [0.2, 0.25) is 0 Å². The molecule has 1 aliphatic rings. The van der Waals surface area contributed by atoms with E-state index in [2.05, 4.69) is 21.7 Å². The van der Waals surface area contributed by atoms with Gasteiger partial charge in [0.25, 0.3) is 0 Å². The predicted octanol–water partition coefficient (Wildman–Crippen LogP) is 2.08. The van der Waals surface area contributed by atoms with Gasteiger partial charge in [-0.05, 0) is 37.8 Å². The lowest BCUT2D eigenvalue weighted by Gasteiger charge is -2.08. The molecule has 0 atom stereocenters. The van der Waals surface area contributed by atoms with Gasteiger partial charge in [-0.2, -0.15) is 0 Å². The zero-order valence-electron chi connectivity index (χ0n) is 11.8. The minimum atomic E-state index is -1.01. The first-order valence-electron chi connectivity index (χ1n) is 7.03. The largest absolute Gasteiger partial charge is 0.478 e. The fraction of sp³-hybridized carbons (Fsp3) is 0.400. The zero-order valence-corrected chi connectivity index (χ0v) is 11.8. The molecule has 1 aromatic heterocycles. The summed E-state index contributed by atoms with van der Waals surface area (Å²) in [5, 5.41) is 14.3. The number of rotatable bonds is 6. The number of amides is 2. The second-order valence-electron chi connectivity index (χ2n) is 4.96. The van der Waals surface area contributed by atoms with Crippen molar-refractivity contribution in [3.05, 3.63) is 41.2 Å². The fourth-order valence-corrected chi connectivity index (χ4v) is 2.24. The van der Waals surface area contributed by atoms with E-state index in [1.165, 1.54) is 30.3 Å². The highest BCUT2D eigenvalue weighted by atomic mass is 16.4. The van der Waals surface area contributed by atoms with Gasteiger partial charge in [-0.1, -0.05) is 11.6 Å². The van der Waals surface area contributed by atoms with Gasteiger partial charge in [-0.15, -0.1) is 0 Å². The summed E-state index contributed by atoms with van der Waals surface area (Å²) in [5.41, 5.74) is 2.09. The van der Waals surface area contributed by atoms with Gasteiger partial charge in [0.05, 0.1) is 17.8 Å². The topological polar surface area (TPSA) is 91.3 Å². The molecule has 0 saturated heterocycles. The van der Waals surface area contributed by atoms with Crippen LogP contribution in [0.25, 0.3) is 0 Å². The number of nitrogens with one attached hydrogen (secondary N) is 2. The number of pyridine rings is 1. The summed E-state index contributed by atoms with van der Waals surface area (Å²) in [6.07, 6.45) is 8.04. The van der Waals surface area contributed by atoms with Crippen LogP contribution in [-0.2, 0) is 6.54 Å². The molecule has 0 fully saturated rings. The fourth-order valence-electron chi connectivity index (χ4n) is 2.24. The summed E-state index contributed by atoms with van der Waals surface area (Å²) in [6.45, 7) is 0.815. The Kier molecular flexibility index (Phi) is 5.31. The van der Waals surface area contributed by atoms with E-state index in [0.717, 1.165) is 19.3 Å². The molecule has 6 nitrogen and oxygen atoms in total. The van der Waals surface area contributed by atoms with E-state index in [1.807, 2.05) is 0 Å². The summed E-state index contributed by atoms with van der Waals surface area (Å²) in [7, 11) is 0. The number of carboxylic acids is 1. The summed E-state index contributed by atoms with van der Waals surface area (Å²) >= 11 is 0. The molecular formula is C15H19N3O3. The Morgan fingerprint density at radius 2 is 2.19 bits per heavy atom. The maximum Gasteiger partial charge on any atom is 0.335 e. The molecule has 0 radical (unpaired) electrons. The van der Waals surface area contributed by atoms with Gasteiger partial charge in [0.15, 0.2) is 0 Å². The van der Waals surface area contributed by atoms with Gasteiger partial charge in [-0.3, -0.25) is 4.98 Å². The van der Waals surface area contributed by atoms with Crippen LogP contribution in [0, 0.1) is 0 Å². The molecule has 2 rings (SSSR count). The highest BCUT2D eigenvalue weighted by molar-refractivity contribution is 5.87. The molecule has 0 spiro atoms. The highest BCUT2D eigenvalue weighted by Gasteiger charge is 2.07. The molecule has 0 bridgehead atoms. The van der Waals surface area contributed by atoms with E-state index < -0.39 is 5.97 Å². The molecule has 0 aliphatic heterocycles. The van der Waals surface area contributed by atoms with Gasteiger partial charge in [-0.25, -0.2) is 9.59 Å². The quantitative estimate of drug-likeness (QED) is 0.699. The number of hydrogen-bond donors (Lipinski definition) is 3. The normalized spacial score (nSPS) is 13.6. The van der Waals surface area contributed by atoms with Crippen LogP contribution >= 0.6 is 0 Å². The molecule has 2 amide bonds. The smallest absolute Gasteiger partial charge is 0.335 e. The third-order valence-electron chi connectivity index (χ3n) is 3.36. The van der Waals surface area contributed by atoms with Crippen LogP contribution in [-0.4, -0.2) is 28.6 Å². The van der Waals surface area contributed by atoms with Gasteiger partial charge in [0.1, 0.15) is 0 Å².